The van der Waals surface area contributed by atoms with Crippen molar-refractivity contribution in [1.29, 1.82) is 0 Å². The first-order chi connectivity index (χ1) is 10.5. The number of carbonyl (C=O) groups is 2. The van der Waals surface area contributed by atoms with Gasteiger partial charge in [0.15, 0.2) is 0 Å². The van der Waals surface area contributed by atoms with Crippen molar-refractivity contribution in [2.75, 3.05) is 7.11 Å². The summed E-state index contributed by atoms with van der Waals surface area (Å²) in [6, 6.07) is 0. The lowest BCUT2D eigenvalue weighted by Gasteiger charge is -2.59. The molecule has 0 heterocycles. The third-order valence-electron chi connectivity index (χ3n) is 7.10. The second-order valence-electron chi connectivity index (χ2n) is 8.07. The number of hydrogen-bond donors (Lipinski definition) is 0. The Kier molecular flexibility index (Phi) is 3.94. The third-order valence-corrected chi connectivity index (χ3v) is 7.10. The number of esters is 1. The predicted octanol–water partition coefficient (Wildman–Crippen LogP) is 3.92. The Morgan fingerprint density at radius 2 is 2.05 bits per heavy atom. The summed E-state index contributed by atoms with van der Waals surface area (Å²) in [5.41, 5.74) is 0.853. The molecule has 0 aromatic carbocycles. The molecule has 0 aliphatic heterocycles. The van der Waals surface area contributed by atoms with E-state index < -0.39 is 0 Å². The van der Waals surface area contributed by atoms with Crippen molar-refractivity contribution in [1.82, 2.24) is 0 Å². The Balaban J connectivity index is 1.94. The van der Waals surface area contributed by atoms with E-state index in [0.717, 1.165) is 50.4 Å². The summed E-state index contributed by atoms with van der Waals surface area (Å²) in [4.78, 5) is 23.6. The molecule has 0 saturated heterocycles. The molecule has 0 amide bonds. The molecule has 3 aliphatic carbocycles. The molecular weight excluding hydrogens is 276 g/mol. The summed E-state index contributed by atoms with van der Waals surface area (Å²) in [7, 11) is 1.52. The average molecular weight is 304 g/mol. The summed E-state index contributed by atoms with van der Waals surface area (Å²) in [5, 5.41) is 0. The highest BCUT2D eigenvalue weighted by Crippen LogP contribution is 2.63. The van der Waals surface area contributed by atoms with Crippen LogP contribution in [0.1, 0.15) is 58.8 Å². The number of rotatable bonds is 2. The molecule has 22 heavy (non-hydrogen) atoms. The van der Waals surface area contributed by atoms with E-state index >= 15 is 0 Å². The predicted molar refractivity (Wildman–Crippen MR) is 85.2 cm³/mol. The van der Waals surface area contributed by atoms with Crippen LogP contribution in [-0.2, 0) is 14.3 Å². The van der Waals surface area contributed by atoms with Gasteiger partial charge in [-0.1, -0.05) is 19.4 Å². The highest BCUT2D eigenvalue weighted by atomic mass is 16.5. The molecule has 0 bridgehead atoms. The number of allylic oxidation sites excluding steroid dienone is 2. The fourth-order valence-corrected chi connectivity index (χ4v) is 6.05. The average Bonchev–Trinajstić information content (AvgIpc) is 2.53. The quantitative estimate of drug-likeness (QED) is 0.573. The topological polar surface area (TPSA) is 43.4 Å². The Morgan fingerprint density at radius 3 is 2.73 bits per heavy atom. The van der Waals surface area contributed by atoms with E-state index in [2.05, 4.69) is 19.9 Å². The maximum Gasteiger partial charge on any atom is 0.311 e. The lowest BCUT2D eigenvalue weighted by Crippen LogP contribution is -2.55. The van der Waals surface area contributed by atoms with Gasteiger partial charge in [-0.2, -0.15) is 0 Å². The van der Waals surface area contributed by atoms with Crippen molar-refractivity contribution in [3.63, 3.8) is 0 Å². The highest BCUT2D eigenvalue weighted by Gasteiger charge is 2.58. The fraction of sp³-hybridized carbons (Fsp3) is 0.789. The van der Waals surface area contributed by atoms with Gasteiger partial charge in [0.2, 0.25) is 0 Å². The van der Waals surface area contributed by atoms with Crippen molar-refractivity contribution in [3.8, 4) is 0 Å². The molecule has 0 radical (unpaired) electrons. The van der Waals surface area contributed by atoms with Gasteiger partial charge in [0.1, 0.15) is 6.29 Å². The normalized spacial score (nSPS) is 44.3. The second kappa shape index (κ2) is 5.50. The number of ether oxygens (including phenoxy) is 1. The van der Waals surface area contributed by atoms with Crippen molar-refractivity contribution in [2.24, 2.45) is 28.6 Å². The monoisotopic (exact) mass is 304 g/mol. The first-order valence-corrected chi connectivity index (χ1v) is 8.70. The van der Waals surface area contributed by atoms with E-state index in [4.69, 9.17) is 4.74 Å². The van der Waals surface area contributed by atoms with Gasteiger partial charge in [-0.3, -0.25) is 9.59 Å². The Labute approximate surface area is 133 Å². The molecule has 2 fully saturated rings. The Bertz CT molecular complexity index is 509. The van der Waals surface area contributed by atoms with Gasteiger partial charge < -0.3 is 4.74 Å². The van der Waals surface area contributed by atoms with Gasteiger partial charge in [0.25, 0.3) is 0 Å². The summed E-state index contributed by atoms with van der Waals surface area (Å²) in [6.07, 6.45) is 10.7. The molecule has 5 atom stereocenters. The van der Waals surface area contributed by atoms with Crippen molar-refractivity contribution in [3.05, 3.63) is 11.6 Å². The summed E-state index contributed by atoms with van der Waals surface area (Å²) >= 11 is 0. The number of fused-ring (bicyclic) bond motifs is 3. The third kappa shape index (κ3) is 2.16. The van der Waals surface area contributed by atoms with Crippen LogP contribution in [0.15, 0.2) is 11.6 Å². The first-order valence-electron chi connectivity index (χ1n) is 8.70. The molecule has 2 saturated carbocycles. The van der Waals surface area contributed by atoms with E-state index in [0.29, 0.717) is 17.8 Å². The minimum atomic E-state index is -0.332. The van der Waals surface area contributed by atoms with E-state index in [-0.39, 0.29) is 16.8 Å². The minimum absolute atomic E-state index is 0.0261. The van der Waals surface area contributed by atoms with E-state index in [1.165, 1.54) is 13.5 Å². The number of methoxy groups -OCH3 is 1. The second-order valence-corrected chi connectivity index (χ2v) is 8.07. The standard InChI is InChI=1S/C19H28O3/c1-18-9-4-10-19(2,17(21)22-3)16(18)8-6-14-11-13(12-20)5-7-15(14)18/h11-12,14-16H,4-10H2,1-3H3/t14-,15-,16+,18+,19-/m0/s1. The number of carbonyl (C=O) groups excluding carboxylic acids is 2. The fourth-order valence-electron chi connectivity index (χ4n) is 6.05. The molecule has 0 spiro atoms. The maximum absolute atomic E-state index is 12.5. The molecule has 3 aliphatic rings. The van der Waals surface area contributed by atoms with Crippen LogP contribution >= 0.6 is 0 Å². The number of hydrogen-bond acceptors (Lipinski definition) is 3. The Hall–Kier alpha value is -1.12. The van der Waals surface area contributed by atoms with Gasteiger partial charge in [0.05, 0.1) is 12.5 Å². The lowest BCUT2D eigenvalue weighted by atomic mass is 9.45. The minimum Gasteiger partial charge on any atom is -0.469 e. The molecule has 0 N–H and O–H groups in total. The molecule has 0 aromatic rings. The molecule has 122 valence electrons. The van der Waals surface area contributed by atoms with Crippen LogP contribution in [0.2, 0.25) is 0 Å². The summed E-state index contributed by atoms with van der Waals surface area (Å²) in [5.74, 6) is 1.52. The van der Waals surface area contributed by atoms with E-state index in [1.807, 2.05) is 0 Å². The summed E-state index contributed by atoms with van der Waals surface area (Å²) in [6.45, 7) is 4.52. The molecule has 0 aromatic heterocycles. The maximum atomic E-state index is 12.5. The van der Waals surface area contributed by atoms with Crippen LogP contribution in [0.4, 0.5) is 0 Å². The van der Waals surface area contributed by atoms with Gasteiger partial charge in [0, 0.05) is 0 Å². The lowest BCUT2D eigenvalue weighted by molar-refractivity contribution is -0.172. The molecule has 3 nitrogen and oxygen atoms in total. The van der Waals surface area contributed by atoms with Gasteiger partial charge in [-0.25, -0.2) is 0 Å². The number of aldehydes is 1. The molecule has 0 unspecified atom stereocenters. The van der Waals surface area contributed by atoms with Crippen LogP contribution in [0.25, 0.3) is 0 Å². The van der Waals surface area contributed by atoms with Crippen LogP contribution in [0.3, 0.4) is 0 Å². The Morgan fingerprint density at radius 1 is 1.27 bits per heavy atom. The smallest absolute Gasteiger partial charge is 0.311 e. The van der Waals surface area contributed by atoms with Crippen LogP contribution in [0.5, 0.6) is 0 Å². The van der Waals surface area contributed by atoms with Crippen molar-refractivity contribution in [2.45, 2.75) is 58.8 Å². The van der Waals surface area contributed by atoms with Gasteiger partial charge >= 0.3 is 5.97 Å². The van der Waals surface area contributed by atoms with Crippen LogP contribution in [-0.4, -0.2) is 19.4 Å². The zero-order valence-corrected chi connectivity index (χ0v) is 14.1. The van der Waals surface area contributed by atoms with E-state index in [1.54, 1.807) is 0 Å². The van der Waals surface area contributed by atoms with Crippen LogP contribution in [0, 0.1) is 28.6 Å². The summed E-state index contributed by atoms with van der Waals surface area (Å²) < 4.78 is 5.16. The van der Waals surface area contributed by atoms with Crippen LogP contribution < -0.4 is 0 Å². The largest absolute Gasteiger partial charge is 0.469 e. The molecule has 3 heteroatoms. The van der Waals surface area contributed by atoms with Gasteiger partial charge in [-0.15, -0.1) is 0 Å². The SMILES string of the molecule is COC(=O)[C@@]1(C)CCC[C@@]2(C)[C@H]1CC[C@H]1C=C(C=O)CC[C@@H]12. The molecular formula is C19H28O3. The first kappa shape index (κ1) is 15.8. The van der Waals surface area contributed by atoms with Crippen molar-refractivity contribution >= 4 is 12.3 Å². The van der Waals surface area contributed by atoms with E-state index in [9.17, 15) is 9.59 Å². The highest BCUT2D eigenvalue weighted by molar-refractivity contribution is 5.77. The molecule has 3 rings (SSSR count). The zero-order chi connectivity index (χ0) is 16.0. The van der Waals surface area contributed by atoms with Crippen molar-refractivity contribution < 1.29 is 14.3 Å². The zero-order valence-electron chi connectivity index (χ0n) is 14.1. The van der Waals surface area contributed by atoms with Gasteiger partial charge in [-0.05, 0) is 74.2 Å².